The first-order valence-electron chi connectivity index (χ1n) is 16.7. The van der Waals surface area contributed by atoms with Crippen molar-refractivity contribution in [3.8, 4) is 23.0 Å². The fourth-order valence-electron chi connectivity index (χ4n) is 5.92. The van der Waals surface area contributed by atoms with Crippen LogP contribution in [0.2, 0.25) is 0 Å². The van der Waals surface area contributed by atoms with Crippen molar-refractivity contribution in [3.63, 3.8) is 0 Å². The van der Waals surface area contributed by atoms with Crippen LogP contribution in [0.15, 0.2) is 42.5 Å². The molecular weight excluding hydrogens is 728 g/mol. The Morgan fingerprint density at radius 3 is 2.09 bits per heavy atom. The lowest BCUT2D eigenvalue weighted by Crippen LogP contribution is -2.64. The Labute approximate surface area is 306 Å². The molecule has 0 bridgehead atoms. The predicted octanol–water partition coefficient (Wildman–Crippen LogP) is -3.58. The number of phenolic OH excluding ortho intramolecular Hbond substituents is 4. The first kappa shape index (κ1) is 41.5. The highest BCUT2D eigenvalue weighted by molar-refractivity contribution is 5.87. The molecular formula is C34H44O20. The van der Waals surface area contributed by atoms with Gasteiger partial charge in [-0.05, 0) is 47.9 Å². The molecule has 3 fully saturated rings. The standard InChI is InChI=1S/C34H44O20/c35-11-21-24(42)25(43)26(44)31(51-21)49-12-22-28(53-23(41)6-3-15-1-4-17(37)19(39)9-15)29(54-33-30(46)34(47,13-36)14-50-33)27(45)32(52-22)48-8-7-16-2-5-18(38)20(40)10-16/h1-6,9-10,21-22,24-33,35-40,42-47H,7-8,11-14H2/b6-3+/t21-,22-,24-,25+,26-,27-,28-,29-,30+,31-,32-,33+,34-/m1/s1. The molecule has 12 N–H and O–H groups in total. The number of hydrogen-bond donors (Lipinski definition) is 12. The van der Waals surface area contributed by atoms with E-state index in [1.54, 1.807) is 0 Å². The summed E-state index contributed by atoms with van der Waals surface area (Å²) in [7, 11) is 0. The van der Waals surface area contributed by atoms with E-state index in [9.17, 15) is 66.1 Å². The van der Waals surface area contributed by atoms with E-state index >= 15 is 0 Å². The second kappa shape index (κ2) is 17.8. The predicted molar refractivity (Wildman–Crippen MR) is 175 cm³/mol. The van der Waals surface area contributed by atoms with Crippen molar-refractivity contribution in [1.29, 1.82) is 0 Å². The van der Waals surface area contributed by atoms with Gasteiger partial charge in [0, 0.05) is 6.08 Å². The van der Waals surface area contributed by atoms with Crippen LogP contribution in [0.4, 0.5) is 0 Å². The molecule has 0 radical (unpaired) electrons. The average molecular weight is 773 g/mol. The van der Waals surface area contributed by atoms with Crippen molar-refractivity contribution in [1.82, 2.24) is 0 Å². The molecule has 0 unspecified atom stereocenters. The highest BCUT2D eigenvalue weighted by Crippen LogP contribution is 2.34. The van der Waals surface area contributed by atoms with Crippen molar-refractivity contribution in [3.05, 3.63) is 53.6 Å². The topological polar surface area (TPSA) is 324 Å². The van der Waals surface area contributed by atoms with Crippen LogP contribution in [0.25, 0.3) is 6.08 Å². The first-order chi connectivity index (χ1) is 25.6. The number of aliphatic hydroxyl groups is 8. The third-order valence-electron chi connectivity index (χ3n) is 9.14. The highest BCUT2D eigenvalue weighted by atomic mass is 16.8. The number of rotatable bonds is 14. The van der Waals surface area contributed by atoms with Crippen molar-refractivity contribution in [2.24, 2.45) is 0 Å². The Kier molecular flexibility index (Phi) is 13.7. The molecule has 0 aromatic heterocycles. The number of carbonyl (C=O) groups is 1. The van der Waals surface area contributed by atoms with E-state index in [1.165, 1.54) is 36.4 Å². The second-order valence-corrected chi connectivity index (χ2v) is 13.0. The third kappa shape index (κ3) is 9.38. The summed E-state index contributed by atoms with van der Waals surface area (Å²) < 4.78 is 39.8. The van der Waals surface area contributed by atoms with Gasteiger partial charge in [0.1, 0.15) is 54.4 Å². The zero-order chi connectivity index (χ0) is 39.3. The van der Waals surface area contributed by atoms with Crippen LogP contribution < -0.4 is 0 Å². The van der Waals surface area contributed by atoms with Crippen molar-refractivity contribution >= 4 is 12.0 Å². The van der Waals surface area contributed by atoms with Gasteiger partial charge >= 0.3 is 5.97 Å². The van der Waals surface area contributed by atoms with E-state index in [2.05, 4.69) is 0 Å². The normalized spacial score (nSPS) is 35.7. The molecule has 0 amide bonds. The molecule has 2 aromatic rings. The molecule has 20 heteroatoms. The number of hydrogen-bond acceptors (Lipinski definition) is 20. The fraction of sp³-hybridized carbons (Fsp3) is 0.559. The zero-order valence-corrected chi connectivity index (χ0v) is 28.4. The Bertz CT molecular complexity index is 1590. The van der Waals surface area contributed by atoms with Crippen molar-refractivity contribution in [2.45, 2.75) is 85.8 Å². The van der Waals surface area contributed by atoms with Gasteiger partial charge in [0.25, 0.3) is 0 Å². The monoisotopic (exact) mass is 772 g/mol. The third-order valence-corrected chi connectivity index (χ3v) is 9.14. The largest absolute Gasteiger partial charge is 0.504 e. The summed E-state index contributed by atoms with van der Waals surface area (Å²) in [5, 5.41) is 122. The minimum atomic E-state index is -2.16. The summed E-state index contributed by atoms with van der Waals surface area (Å²) in [5.74, 6) is -2.71. The van der Waals surface area contributed by atoms with E-state index in [-0.39, 0.29) is 30.1 Å². The van der Waals surface area contributed by atoms with Gasteiger partial charge in [-0.25, -0.2) is 4.79 Å². The molecule has 3 heterocycles. The van der Waals surface area contributed by atoms with E-state index in [1.807, 2.05) is 0 Å². The van der Waals surface area contributed by atoms with Gasteiger partial charge in [0.05, 0.1) is 33.0 Å². The summed E-state index contributed by atoms with van der Waals surface area (Å²) in [5.41, 5.74) is -1.39. The number of aromatic hydroxyl groups is 4. The van der Waals surface area contributed by atoms with Gasteiger partial charge in [-0.15, -0.1) is 0 Å². The molecule has 13 atom stereocenters. The maximum absolute atomic E-state index is 13.2. The van der Waals surface area contributed by atoms with Gasteiger partial charge < -0.3 is 94.4 Å². The number of esters is 1. The van der Waals surface area contributed by atoms with Gasteiger partial charge in [-0.3, -0.25) is 0 Å². The van der Waals surface area contributed by atoms with Crippen LogP contribution in [-0.2, 0) is 44.4 Å². The van der Waals surface area contributed by atoms with E-state index < -0.39 is 123 Å². The van der Waals surface area contributed by atoms with Crippen LogP contribution in [0.1, 0.15) is 11.1 Å². The molecule has 54 heavy (non-hydrogen) atoms. The summed E-state index contributed by atoms with van der Waals surface area (Å²) in [6.45, 7) is -3.16. The summed E-state index contributed by atoms with van der Waals surface area (Å²) >= 11 is 0. The molecule has 0 spiro atoms. The van der Waals surface area contributed by atoms with Gasteiger partial charge in [0.15, 0.2) is 48.0 Å². The molecule has 300 valence electrons. The summed E-state index contributed by atoms with van der Waals surface area (Å²) in [6.07, 6.45) is -18.1. The molecule has 3 saturated heterocycles. The Morgan fingerprint density at radius 1 is 0.778 bits per heavy atom. The maximum atomic E-state index is 13.2. The molecule has 3 aliphatic heterocycles. The van der Waals surface area contributed by atoms with Gasteiger partial charge in [-0.1, -0.05) is 12.1 Å². The zero-order valence-electron chi connectivity index (χ0n) is 28.4. The Hall–Kier alpha value is -3.71. The molecule has 3 aliphatic rings. The molecule has 20 nitrogen and oxygen atoms in total. The first-order valence-corrected chi connectivity index (χ1v) is 16.7. The Morgan fingerprint density at radius 2 is 1.44 bits per heavy atom. The number of benzene rings is 2. The summed E-state index contributed by atoms with van der Waals surface area (Å²) in [6, 6.07) is 7.74. The lowest BCUT2D eigenvalue weighted by Gasteiger charge is -2.45. The number of carbonyl (C=O) groups excluding carboxylic acids is 1. The van der Waals surface area contributed by atoms with E-state index in [0.717, 1.165) is 12.1 Å². The van der Waals surface area contributed by atoms with Crippen molar-refractivity contribution in [2.75, 3.05) is 33.0 Å². The number of ether oxygens (including phenoxy) is 7. The molecule has 2 aromatic carbocycles. The van der Waals surface area contributed by atoms with Crippen LogP contribution in [0.3, 0.4) is 0 Å². The number of aliphatic hydroxyl groups excluding tert-OH is 7. The molecule has 0 aliphatic carbocycles. The van der Waals surface area contributed by atoms with Crippen LogP contribution >= 0.6 is 0 Å². The smallest absolute Gasteiger partial charge is 0.331 e. The van der Waals surface area contributed by atoms with E-state index in [4.69, 9.17) is 33.2 Å². The van der Waals surface area contributed by atoms with Gasteiger partial charge in [0.2, 0.25) is 0 Å². The van der Waals surface area contributed by atoms with Crippen molar-refractivity contribution < 1.29 is 99.2 Å². The van der Waals surface area contributed by atoms with E-state index in [0.29, 0.717) is 5.56 Å². The summed E-state index contributed by atoms with van der Waals surface area (Å²) in [4.78, 5) is 13.2. The SMILES string of the molecule is O=C(/C=C/c1ccc(O)c(O)c1)O[C@H]1[C@H](O[C@@H]2OC[C@](O)(CO)[C@H]2O)[C@@H](O)[C@H](OCCc2ccc(O)c(O)c2)O[C@@H]1CO[C@@H]1O[C@H](CO)[C@@H](O)[C@H](O)[C@H]1O. The van der Waals surface area contributed by atoms with Crippen LogP contribution in [0, 0.1) is 0 Å². The molecule has 5 rings (SSSR count). The van der Waals surface area contributed by atoms with Crippen LogP contribution in [-0.4, -0.2) is 180 Å². The van der Waals surface area contributed by atoms with Crippen LogP contribution in [0.5, 0.6) is 23.0 Å². The number of phenols is 4. The highest BCUT2D eigenvalue weighted by Gasteiger charge is 2.55. The lowest BCUT2D eigenvalue weighted by atomic mass is 9.97. The second-order valence-electron chi connectivity index (χ2n) is 13.0. The van der Waals surface area contributed by atoms with Gasteiger partial charge in [-0.2, -0.15) is 0 Å². The average Bonchev–Trinajstić information content (AvgIpc) is 3.44. The maximum Gasteiger partial charge on any atom is 0.331 e. The molecule has 0 saturated carbocycles. The fourth-order valence-corrected chi connectivity index (χ4v) is 5.92. The quantitative estimate of drug-likeness (QED) is 0.0502. The minimum absolute atomic E-state index is 0.113. The lowest BCUT2D eigenvalue weighted by molar-refractivity contribution is -0.345. The minimum Gasteiger partial charge on any atom is -0.504 e. The Balaban J connectivity index is 1.42.